The maximum atomic E-state index is 3.76. The van der Waals surface area contributed by atoms with Crippen LogP contribution in [0.1, 0.15) is 20.3 Å². The smallest absolute Gasteiger partial charge is 0.00773 e. The van der Waals surface area contributed by atoms with E-state index >= 15 is 0 Å². The Hall–Kier alpha value is -0.0400. The molecule has 0 radical (unpaired) electrons. The number of rotatable bonds is 3. The minimum atomic E-state index is 0.403. The van der Waals surface area contributed by atoms with Crippen molar-refractivity contribution in [3.8, 4) is 0 Å². The largest absolute Gasteiger partial charge is 0.344 e. The fourth-order valence-electron chi connectivity index (χ4n) is 0.391. The van der Waals surface area contributed by atoms with Gasteiger partial charge in [-0.3, -0.25) is 0 Å². The molecule has 0 aliphatic carbocycles. The summed E-state index contributed by atoms with van der Waals surface area (Å²) in [6.45, 7) is 9.05. The topological polar surface area (TPSA) is 12.0 Å². The minimum absolute atomic E-state index is 0.403. The molecule has 1 heteroatoms. The fraction of sp³-hybridized carbons (Fsp3) is 0.833. The van der Waals surface area contributed by atoms with Crippen LogP contribution in [0.4, 0.5) is 0 Å². The first-order valence-corrected chi connectivity index (χ1v) is 2.83. The van der Waals surface area contributed by atoms with E-state index < -0.39 is 0 Å². The average Bonchev–Trinajstić information content (AvgIpc) is 1.61. The van der Waals surface area contributed by atoms with Crippen LogP contribution in [-0.2, 0) is 0 Å². The zero-order valence-corrected chi connectivity index (χ0v) is 5.20. The minimum Gasteiger partial charge on any atom is -0.344 e. The van der Waals surface area contributed by atoms with Crippen molar-refractivity contribution >= 4 is 0 Å². The van der Waals surface area contributed by atoms with Crippen LogP contribution in [0.15, 0.2) is 0 Å². The second-order valence-electron chi connectivity index (χ2n) is 1.86. The number of nitrogens with one attached hydrogen (secondary N) is 1. The SMILES string of the molecule is [CH2-]C(C)NCCC. The van der Waals surface area contributed by atoms with Crippen molar-refractivity contribution in [2.24, 2.45) is 0 Å². The molecule has 7 heavy (non-hydrogen) atoms. The Bertz CT molecular complexity index is 33.2. The van der Waals surface area contributed by atoms with Gasteiger partial charge in [-0.1, -0.05) is 13.8 Å². The number of hydrogen-bond acceptors (Lipinski definition) is 1. The highest BCUT2D eigenvalue weighted by molar-refractivity contribution is 4.59. The van der Waals surface area contributed by atoms with Gasteiger partial charge >= 0.3 is 0 Å². The summed E-state index contributed by atoms with van der Waals surface area (Å²) < 4.78 is 0. The van der Waals surface area contributed by atoms with E-state index in [2.05, 4.69) is 26.1 Å². The lowest BCUT2D eigenvalue weighted by Gasteiger charge is -2.10. The second kappa shape index (κ2) is 4.13. The van der Waals surface area contributed by atoms with Gasteiger partial charge in [0.1, 0.15) is 0 Å². The summed E-state index contributed by atoms with van der Waals surface area (Å²) in [4.78, 5) is 0. The Labute approximate surface area is 46.1 Å². The van der Waals surface area contributed by atoms with Crippen molar-refractivity contribution in [1.82, 2.24) is 5.32 Å². The lowest BCUT2D eigenvalue weighted by molar-refractivity contribution is 0.621. The van der Waals surface area contributed by atoms with Crippen molar-refractivity contribution in [2.45, 2.75) is 26.3 Å². The van der Waals surface area contributed by atoms with Gasteiger partial charge in [-0.15, -0.1) is 6.04 Å². The van der Waals surface area contributed by atoms with Gasteiger partial charge in [0.15, 0.2) is 0 Å². The molecular weight excluding hydrogens is 86.1 g/mol. The fourth-order valence-corrected chi connectivity index (χ4v) is 0.391. The zero-order chi connectivity index (χ0) is 5.70. The Morgan fingerprint density at radius 1 is 1.71 bits per heavy atom. The molecule has 0 aliphatic heterocycles. The molecule has 0 heterocycles. The lowest BCUT2D eigenvalue weighted by Crippen LogP contribution is -2.23. The molecule has 0 rings (SSSR count). The van der Waals surface area contributed by atoms with Crippen LogP contribution in [0.5, 0.6) is 0 Å². The summed E-state index contributed by atoms with van der Waals surface area (Å²) in [7, 11) is 0. The molecule has 0 fully saturated rings. The summed E-state index contributed by atoms with van der Waals surface area (Å²) >= 11 is 0. The molecule has 0 aromatic rings. The van der Waals surface area contributed by atoms with E-state index in [9.17, 15) is 0 Å². The van der Waals surface area contributed by atoms with Gasteiger partial charge in [-0.25, -0.2) is 0 Å². The van der Waals surface area contributed by atoms with Crippen LogP contribution in [0, 0.1) is 6.92 Å². The molecule has 1 N–H and O–H groups in total. The van der Waals surface area contributed by atoms with E-state index in [1.807, 2.05) is 0 Å². The van der Waals surface area contributed by atoms with Crippen molar-refractivity contribution in [2.75, 3.05) is 6.54 Å². The zero-order valence-electron chi connectivity index (χ0n) is 5.20. The maximum absolute atomic E-state index is 3.76. The van der Waals surface area contributed by atoms with Gasteiger partial charge in [0.05, 0.1) is 0 Å². The summed E-state index contributed by atoms with van der Waals surface area (Å²) in [5, 5.41) is 3.18. The predicted octanol–water partition coefficient (Wildman–Crippen LogP) is 1.21. The van der Waals surface area contributed by atoms with Crippen LogP contribution in [0.25, 0.3) is 0 Å². The monoisotopic (exact) mass is 100 g/mol. The molecule has 0 amide bonds. The molecule has 44 valence electrons. The van der Waals surface area contributed by atoms with Gasteiger partial charge in [-0.05, 0) is 13.0 Å². The predicted molar refractivity (Wildman–Crippen MR) is 33.1 cm³/mol. The van der Waals surface area contributed by atoms with E-state index in [-0.39, 0.29) is 0 Å². The van der Waals surface area contributed by atoms with Gasteiger partial charge in [0.25, 0.3) is 0 Å². The molecule has 0 spiro atoms. The first-order valence-electron chi connectivity index (χ1n) is 2.83. The Morgan fingerprint density at radius 3 is 2.43 bits per heavy atom. The molecule has 0 aliphatic rings. The third kappa shape index (κ3) is 5.96. The van der Waals surface area contributed by atoms with Gasteiger partial charge in [0.2, 0.25) is 0 Å². The molecule has 0 aromatic heterocycles. The number of hydrogen-bond donors (Lipinski definition) is 1. The van der Waals surface area contributed by atoms with E-state index in [0.29, 0.717) is 6.04 Å². The summed E-state index contributed by atoms with van der Waals surface area (Å²) in [6, 6.07) is 0.403. The van der Waals surface area contributed by atoms with Crippen LogP contribution in [-0.4, -0.2) is 12.6 Å². The second-order valence-corrected chi connectivity index (χ2v) is 1.86. The Morgan fingerprint density at radius 2 is 2.29 bits per heavy atom. The molecule has 0 bridgehead atoms. The van der Waals surface area contributed by atoms with Gasteiger partial charge in [0, 0.05) is 0 Å². The third-order valence-electron chi connectivity index (χ3n) is 0.743. The van der Waals surface area contributed by atoms with Gasteiger partial charge in [-0.2, -0.15) is 0 Å². The van der Waals surface area contributed by atoms with Crippen LogP contribution < -0.4 is 5.32 Å². The standard InChI is InChI=1S/C6H14N/c1-4-5-7-6(2)3/h6-7H,2,4-5H2,1,3H3/q-1. The molecular formula is C6H14N-. The first-order chi connectivity index (χ1) is 3.27. The van der Waals surface area contributed by atoms with E-state index in [4.69, 9.17) is 0 Å². The highest BCUT2D eigenvalue weighted by Gasteiger charge is 1.78. The highest BCUT2D eigenvalue weighted by Crippen LogP contribution is 1.75. The summed E-state index contributed by atoms with van der Waals surface area (Å²) in [5.41, 5.74) is 0. The normalized spacial score (nSPS) is 14.1. The first kappa shape index (κ1) is 6.96. The highest BCUT2D eigenvalue weighted by atomic mass is 14.9. The maximum Gasteiger partial charge on any atom is -0.00773 e. The van der Waals surface area contributed by atoms with E-state index in [0.717, 1.165) is 6.54 Å². The van der Waals surface area contributed by atoms with Crippen molar-refractivity contribution in [3.05, 3.63) is 6.92 Å². The molecule has 0 aromatic carbocycles. The van der Waals surface area contributed by atoms with Crippen molar-refractivity contribution in [1.29, 1.82) is 0 Å². The summed E-state index contributed by atoms with van der Waals surface area (Å²) in [6.07, 6.45) is 1.19. The molecule has 0 saturated heterocycles. The van der Waals surface area contributed by atoms with Crippen LogP contribution in [0.3, 0.4) is 0 Å². The van der Waals surface area contributed by atoms with Crippen molar-refractivity contribution < 1.29 is 0 Å². The molecule has 1 unspecified atom stereocenters. The van der Waals surface area contributed by atoms with Crippen LogP contribution >= 0.6 is 0 Å². The van der Waals surface area contributed by atoms with E-state index in [1.54, 1.807) is 0 Å². The molecule has 1 nitrogen and oxygen atoms in total. The summed E-state index contributed by atoms with van der Waals surface area (Å²) in [5.74, 6) is 0. The lowest BCUT2D eigenvalue weighted by atomic mass is 10.4. The van der Waals surface area contributed by atoms with Gasteiger partial charge < -0.3 is 12.2 Å². The Kier molecular flexibility index (Phi) is 4.10. The Balaban J connectivity index is 2.68. The average molecular weight is 100 g/mol. The molecule has 0 saturated carbocycles. The van der Waals surface area contributed by atoms with Crippen LogP contribution in [0.2, 0.25) is 0 Å². The van der Waals surface area contributed by atoms with E-state index in [1.165, 1.54) is 6.42 Å². The molecule has 1 atom stereocenters. The third-order valence-corrected chi connectivity index (χ3v) is 0.743. The van der Waals surface area contributed by atoms with Crippen molar-refractivity contribution in [3.63, 3.8) is 0 Å². The quantitative estimate of drug-likeness (QED) is 0.526.